The predicted octanol–water partition coefficient (Wildman–Crippen LogP) is 0.985. The van der Waals surface area contributed by atoms with Gasteiger partial charge >= 0.3 is 19.7 Å². The van der Waals surface area contributed by atoms with E-state index in [1.807, 2.05) is 0 Å². The number of hydrogen-bond acceptors (Lipinski definition) is 6. The lowest BCUT2D eigenvalue weighted by atomic mass is 10.1. The maximum absolute atomic E-state index is 12.2. The first kappa shape index (κ1) is 23.0. The van der Waals surface area contributed by atoms with Gasteiger partial charge in [-0.15, -0.1) is 0 Å². The van der Waals surface area contributed by atoms with Crippen LogP contribution in [0.3, 0.4) is 0 Å². The Kier molecular flexibility index (Phi) is 9.23. The summed E-state index contributed by atoms with van der Waals surface area (Å²) in [5.41, 5.74) is 6.56. The second-order valence-corrected chi connectivity index (χ2v) is 7.31. The molecule has 1 aliphatic heterocycles. The Balaban J connectivity index is 1.82. The van der Waals surface area contributed by atoms with Crippen LogP contribution in [0.2, 0.25) is 0 Å². The third kappa shape index (κ3) is 8.30. The Bertz CT molecular complexity index is 652. The molecule has 1 fully saturated rings. The average molecular weight is 406 g/mol. The molecule has 1 aromatic carbocycles. The number of nitrogens with zero attached hydrogens (tertiary/aromatic N) is 1. The quantitative estimate of drug-likeness (QED) is 0.391. The molecule has 10 heteroatoms. The van der Waals surface area contributed by atoms with Gasteiger partial charge in [-0.2, -0.15) is 0 Å². The molecular weight excluding hydrogens is 377 g/mol. The summed E-state index contributed by atoms with van der Waals surface area (Å²) < 4.78 is 15.9. The zero-order valence-electron chi connectivity index (χ0n) is 16.9. The summed E-state index contributed by atoms with van der Waals surface area (Å²) in [4.78, 5) is 25.4. The number of morpholine rings is 1. The number of nitrogens with one attached hydrogen (secondary N) is 1. The first-order valence-corrected chi connectivity index (χ1v) is 9.69. The van der Waals surface area contributed by atoms with Crippen LogP contribution < -0.4 is 15.7 Å². The van der Waals surface area contributed by atoms with Crippen LogP contribution >= 0.6 is 0 Å². The van der Waals surface area contributed by atoms with E-state index >= 15 is 0 Å². The summed E-state index contributed by atoms with van der Waals surface area (Å²) >= 11 is 0. The molecule has 0 aliphatic carbocycles. The zero-order valence-corrected chi connectivity index (χ0v) is 16.9. The monoisotopic (exact) mass is 406 g/mol. The normalized spacial score (nSPS) is 16.2. The highest BCUT2D eigenvalue weighted by atomic mass is 16.6. The number of rotatable bonds is 10. The third-order valence-corrected chi connectivity index (χ3v) is 4.38. The molecule has 1 heterocycles. The Morgan fingerprint density at radius 3 is 2.52 bits per heavy atom. The summed E-state index contributed by atoms with van der Waals surface area (Å²) in [6, 6.07) is 5.46. The van der Waals surface area contributed by atoms with E-state index in [0.29, 0.717) is 44.4 Å². The molecule has 2 rings (SSSR count). The van der Waals surface area contributed by atoms with Crippen molar-refractivity contribution < 1.29 is 28.7 Å². The molecule has 159 valence electrons. The number of benzene rings is 1. The van der Waals surface area contributed by atoms with Crippen LogP contribution in [0.1, 0.15) is 25.8 Å². The summed E-state index contributed by atoms with van der Waals surface area (Å²) in [5, 5.41) is 12.0. The van der Waals surface area contributed by atoms with Gasteiger partial charge in [0.05, 0.1) is 25.2 Å². The number of urea groups is 1. The smallest absolute Gasteiger partial charge is 0.537 e. The van der Waals surface area contributed by atoms with Crippen molar-refractivity contribution in [3.63, 3.8) is 0 Å². The molecule has 2 amide bonds. The van der Waals surface area contributed by atoms with E-state index < -0.39 is 24.3 Å². The minimum atomic E-state index is -1.09. The van der Waals surface area contributed by atoms with Crippen molar-refractivity contribution in [2.45, 2.75) is 39.0 Å². The van der Waals surface area contributed by atoms with E-state index in [-0.39, 0.29) is 6.42 Å². The van der Waals surface area contributed by atoms with E-state index in [1.54, 1.807) is 29.2 Å². The van der Waals surface area contributed by atoms with Crippen molar-refractivity contribution in [2.75, 3.05) is 26.3 Å². The van der Waals surface area contributed by atoms with E-state index in [1.165, 1.54) is 7.69 Å². The van der Waals surface area contributed by atoms with Crippen LogP contribution in [0.5, 0.6) is 5.75 Å². The van der Waals surface area contributed by atoms with Crippen LogP contribution in [0.25, 0.3) is 0 Å². The molecule has 1 aromatic rings. The lowest BCUT2D eigenvalue weighted by Gasteiger charge is -2.28. The first-order chi connectivity index (χ1) is 13.8. The molecule has 29 heavy (non-hydrogen) atoms. The van der Waals surface area contributed by atoms with Crippen LogP contribution in [0.15, 0.2) is 24.3 Å². The minimum absolute atomic E-state index is 0.158. The second-order valence-electron chi connectivity index (χ2n) is 7.31. The minimum Gasteiger partial charge on any atom is -0.537 e. The summed E-state index contributed by atoms with van der Waals surface area (Å²) in [7, 11) is 1.20. The number of carboxylic acid groups (broad SMARTS) is 1. The van der Waals surface area contributed by atoms with Gasteiger partial charge in [0.1, 0.15) is 6.04 Å². The number of carbonyl (C=O) groups is 2. The Hall–Kier alpha value is -2.30. The number of carboxylic acids is 1. The van der Waals surface area contributed by atoms with E-state index in [9.17, 15) is 14.7 Å². The molecule has 2 atom stereocenters. The van der Waals surface area contributed by atoms with Crippen LogP contribution in [0, 0.1) is 5.92 Å². The molecule has 0 aromatic heterocycles. The van der Waals surface area contributed by atoms with Gasteiger partial charge in [0.25, 0.3) is 0 Å². The SMILES string of the molecule is CC(C)C[C@H](N)O[B]Oc1ccc(C[C@H](NC(=O)N2CCOCC2)C(=O)O)cc1. The van der Waals surface area contributed by atoms with Gasteiger partial charge in [-0.25, -0.2) is 9.59 Å². The molecule has 0 bridgehead atoms. The Morgan fingerprint density at radius 1 is 1.28 bits per heavy atom. The number of hydrogen-bond donors (Lipinski definition) is 3. The molecule has 1 radical (unpaired) electrons. The van der Waals surface area contributed by atoms with Gasteiger partial charge in [0.2, 0.25) is 0 Å². The largest absolute Gasteiger partial charge is 0.573 e. The number of nitrogens with two attached hydrogens (primary N) is 1. The van der Waals surface area contributed by atoms with Gasteiger partial charge in [0, 0.05) is 19.5 Å². The second kappa shape index (κ2) is 11.6. The van der Waals surface area contributed by atoms with Gasteiger partial charge < -0.3 is 35.1 Å². The summed E-state index contributed by atoms with van der Waals surface area (Å²) in [6.45, 7) is 5.91. The fourth-order valence-electron chi connectivity index (χ4n) is 2.82. The van der Waals surface area contributed by atoms with Gasteiger partial charge in [-0.05, 0) is 30.0 Å². The Morgan fingerprint density at radius 2 is 1.93 bits per heavy atom. The number of ether oxygens (including phenoxy) is 1. The fraction of sp³-hybridized carbons (Fsp3) is 0.579. The van der Waals surface area contributed by atoms with Crippen LogP contribution in [0.4, 0.5) is 4.79 Å². The lowest BCUT2D eigenvalue weighted by Crippen LogP contribution is -2.51. The maximum atomic E-state index is 12.2. The highest BCUT2D eigenvalue weighted by Crippen LogP contribution is 2.14. The molecule has 9 nitrogen and oxygen atoms in total. The van der Waals surface area contributed by atoms with Crippen LogP contribution in [-0.4, -0.2) is 68.3 Å². The Labute approximate surface area is 171 Å². The van der Waals surface area contributed by atoms with Crippen molar-refractivity contribution in [1.82, 2.24) is 10.2 Å². The highest BCUT2D eigenvalue weighted by molar-refractivity contribution is 6.19. The van der Waals surface area contributed by atoms with Crippen molar-refractivity contribution in [2.24, 2.45) is 11.7 Å². The van der Waals surface area contributed by atoms with Crippen LogP contribution in [-0.2, 0) is 20.6 Å². The third-order valence-electron chi connectivity index (χ3n) is 4.38. The molecule has 0 spiro atoms. The van der Waals surface area contributed by atoms with Gasteiger partial charge in [-0.3, -0.25) is 0 Å². The summed E-state index contributed by atoms with van der Waals surface area (Å²) in [6.07, 6.45) is 0.442. The van der Waals surface area contributed by atoms with E-state index in [4.69, 9.17) is 19.8 Å². The molecule has 1 aliphatic rings. The lowest BCUT2D eigenvalue weighted by molar-refractivity contribution is -0.139. The van der Waals surface area contributed by atoms with E-state index in [0.717, 1.165) is 5.56 Å². The number of carbonyl (C=O) groups excluding carboxylic acids is 1. The standard InChI is InChI=1S/C19H29BN3O6/c1-13(2)11-17(21)29-20-28-15-5-3-14(4-6-15)12-16(18(24)25)22-19(26)23-7-9-27-10-8-23/h3-6,13,16-17H,7-12,21H2,1-2H3,(H,22,26)(H,24,25)/t16-,17+/m0/s1. The fourth-order valence-corrected chi connectivity index (χ4v) is 2.82. The number of amides is 2. The van der Waals surface area contributed by atoms with E-state index in [2.05, 4.69) is 19.2 Å². The molecular formula is C19H29BN3O6. The molecule has 0 unspecified atom stereocenters. The maximum Gasteiger partial charge on any atom is 0.573 e. The number of aliphatic carboxylic acids is 1. The first-order valence-electron chi connectivity index (χ1n) is 9.69. The van der Waals surface area contributed by atoms with Crippen molar-refractivity contribution in [3.8, 4) is 5.75 Å². The average Bonchev–Trinajstić information content (AvgIpc) is 2.68. The summed E-state index contributed by atoms with van der Waals surface area (Å²) in [5.74, 6) is -0.133. The zero-order chi connectivity index (χ0) is 21.2. The van der Waals surface area contributed by atoms with Gasteiger partial charge in [-0.1, -0.05) is 26.0 Å². The van der Waals surface area contributed by atoms with Gasteiger partial charge in [0.15, 0.2) is 0 Å². The topological polar surface area (TPSA) is 123 Å². The van der Waals surface area contributed by atoms with Crippen molar-refractivity contribution >= 4 is 19.7 Å². The predicted molar refractivity (Wildman–Crippen MR) is 107 cm³/mol. The van der Waals surface area contributed by atoms with Crippen molar-refractivity contribution in [1.29, 1.82) is 0 Å². The van der Waals surface area contributed by atoms with Crippen molar-refractivity contribution in [3.05, 3.63) is 29.8 Å². The molecule has 4 N–H and O–H groups in total. The highest BCUT2D eigenvalue weighted by Gasteiger charge is 2.24. The molecule has 1 saturated heterocycles. The molecule has 0 saturated carbocycles.